The van der Waals surface area contributed by atoms with Gasteiger partial charge in [-0.2, -0.15) is 0 Å². The first-order valence-corrected chi connectivity index (χ1v) is 7.44. The van der Waals surface area contributed by atoms with Crippen molar-refractivity contribution in [3.63, 3.8) is 0 Å². The van der Waals surface area contributed by atoms with Crippen molar-refractivity contribution in [2.24, 2.45) is 0 Å². The summed E-state index contributed by atoms with van der Waals surface area (Å²) in [5.41, 5.74) is 0. The Morgan fingerprint density at radius 2 is 0.719 bits per heavy atom. The summed E-state index contributed by atoms with van der Waals surface area (Å²) in [4.78, 5) is 43.4. The van der Waals surface area contributed by atoms with E-state index in [2.05, 4.69) is 0 Å². The average molecular weight is 610 g/mol. The number of carbonyl (C=O) groups excluding carboxylic acids is 4. The Morgan fingerprint density at radius 3 is 0.812 bits per heavy atom. The molecule has 1 radical (unpaired) electrons. The molecule has 0 saturated heterocycles. The van der Waals surface area contributed by atoms with Gasteiger partial charge in [-0.3, -0.25) is 18.2 Å². The summed E-state index contributed by atoms with van der Waals surface area (Å²) in [7, 11) is -5.17. The summed E-state index contributed by atoms with van der Waals surface area (Å²) in [6, 6.07) is 0. The molecule has 0 atom stereocenters. The minimum absolute atomic E-state index is 0. The summed E-state index contributed by atoms with van der Waals surface area (Å²) in [5, 5.41) is 41.6. The van der Waals surface area contributed by atoms with Crippen molar-refractivity contribution in [3.05, 3.63) is 0 Å². The minimum Gasteiger partial charge on any atom is -1.00 e. The van der Waals surface area contributed by atoms with E-state index in [1.165, 1.54) is 0 Å². The second kappa shape index (κ2) is 35.1. The Hall–Kier alpha value is 4.10. The third-order valence-electron chi connectivity index (χ3n) is 2.14. The van der Waals surface area contributed by atoms with Gasteiger partial charge in [0.2, 0.25) is 0 Å². The normalized spacial score (nSPS) is 8.50. The van der Waals surface area contributed by atoms with Crippen molar-refractivity contribution in [2.45, 2.75) is 0 Å². The van der Waals surface area contributed by atoms with Crippen molar-refractivity contribution < 1.29 is 256 Å². The number of carbonyl (C=O) groups is 4. The quantitative estimate of drug-likeness (QED) is 0.120. The molecule has 14 nitrogen and oxygen atoms in total. The van der Waals surface area contributed by atoms with Gasteiger partial charge in [-0.15, -0.1) is 0 Å². The van der Waals surface area contributed by atoms with Crippen LogP contribution in [0, 0.1) is 0 Å². The third kappa shape index (κ3) is 59.3. The zero-order valence-electron chi connectivity index (χ0n) is 18.2. The van der Waals surface area contributed by atoms with Crippen LogP contribution in [0.2, 0.25) is 0 Å². The molecule has 0 heterocycles. The summed E-state index contributed by atoms with van der Waals surface area (Å²) >= 11 is 0. The first kappa shape index (κ1) is 60.6. The van der Waals surface area contributed by atoms with Gasteiger partial charge >= 0.3 is 186 Å². The van der Waals surface area contributed by atoms with Crippen LogP contribution in [0.15, 0.2) is 0 Å². The van der Waals surface area contributed by atoms with E-state index >= 15 is 0 Å². The Balaban J connectivity index is -0.0000000569. The number of halogens is 1. The van der Waals surface area contributed by atoms with E-state index in [0.717, 1.165) is 9.80 Å². The monoisotopic (exact) mass is 609 g/mol. The van der Waals surface area contributed by atoms with Crippen LogP contribution >= 0.6 is 0 Å². The molecule has 0 aliphatic heterocycles. The topological polar surface area (TPSA) is 247 Å². The molecule has 32 heavy (non-hydrogen) atoms. The number of hydrogen-bond acceptors (Lipinski definition) is 14. The van der Waals surface area contributed by atoms with Crippen LogP contribution in [0.5, 0.6) is 0 Å². The van der Waals surface area contributed by atoms with Gasteiger partial charge in [-0.25, -0.2) is 0 Å². The smallest absolute Gasteiger partial charge is 1.00 e. The molecular formula is C10H12ClCoKN2Na4O12S. The van der Waals surface area contributed by atoms with Gasteiger partial charge in [0.15, 0.2) is 0 Å². The average Bonchev–Trinajstić information content (AvgIpc) is 2.30. The van der Waals surface area contributed by atoms with Gasteiger partial charge in [0, 0.05) is 49.7 Å². The summed E-state index contributed by atoms with van der Waals surface area (Å²) < 4.78 is 34.1. The summed E-state index contributed by atoms with van der Waals surface area (Å²) in [6.45, 7) is -3.25. The SMILES string of the molecule is O=C([O-])CN(CCN(CC(=O)[O-])CC(=O)[O-])CC(=O)[O-].O=S(=O)([O-])[O-].[Cl-].[Co+2].[K+].[Na+].[Na+].[Na+].[Na+]. The molecule has 0 saturated carbocycles. The number of aliphatic carboxylic acids is 4. The zero-order valence-corrected chi connectivity index (χ0v) is 31.9. The van der Waals surface area contributed by atoms with Crippen LogP contribution in [-0.4, -0.2) is 90.5 Å². The molecule has 0 N–H and O–H groups in total. The van der Waals surface area contributed by atoms with Gasteiger partial charge in [0.25, 0.3) is 0 Å². The van der Waals surface area contributed by atoms with Crippen LogP contribution in [-0.2, 0) is 46.4 Å². The van der Waals surface area contributed by atoms with Crippen molar-refractivity contribution in [3.8, 4) is 0 Å². The molecule has 0 aromatic rings. The second-order valence-electron chi connectivity index (χ2n) is 4.32. The number of carboxylic acids is 4. The summed E-state index contributed by atoms with van der Waals surface area (Å²) in [6.07, 6.45) is 0. The van der Waals surface area contributed by atoms with Crippen molar-refractivity contribution in [1.82, 2.24) is 9.80 Å². The van der Waals surface area contributed by atoms with Gasteiger partial charge in [-0.05, 0) is 0 Å². The van der Waals surface area contributed by atoms with Crippen LogP contribution < -0.4 is 202 Å². The van der Waals surface area contributed by atoms with Crippen molar-refractivity contribution in [1.29, 1.82) is 0 Å². The van der Waals surface area contributed by atoms with Crippen LogP contribution in [0.1, 0.15) is 0 Å². The molecule has 0 unspecified atom stereocenters. The van der Waals surface area contributed by atoms with E-state index in [9.17, 15) is 39.6 Å². The van der Waals surface area contributed by atoms with E-state index in [0.29, 0.717) is 0 Å². The number of carboxylic acid groups (broad SMARTS) is 4. The second-order valence-corrected chi connectivity index (χ2v) is 5.13. The molecule has 0 spiro atoms. The van der Waals surface area contributed by atoms with Crippen LogP contribution in [0.25, 0.3) is 0 Å². The molecular weight excluding hydrogens is 598 g/mol. The predicted octanol–water partition coefficient (Wildman–Crippen LogP) is -26.7. The minimum atomic E-state index is -5.17. The fourth-order valence-corrected chi connectivity index (χ4v) is 1.44. The molecule has 0 aliphatic carbocycles. The Labute approximate surface area is 332 Å². The molecule has 22 heteroatoms. The summed E-state index contributed by atoms with van der Waals surface area (Å²) in [5.74, 6) is -6.12. The maximum absolute atomic E-state index is 10.4. The zero-order chi connectivity index (χ0) is 20.2. The van der Waals surface area contributed by atoms with Gasteiger partial charge < -0.3 is 61.1 Å². The van der Waals surface area contributed by atoms with Gasteiger partial charge in [0.1, 0.15) is 0 Å². The Bertz CT molecular complexity index is 534. The molecule has 0 aromatic heterocycles. The molecule has 0 aliphatic rings. The third-order valence-corrected chi connectivity index (χ3v) is 2.14. The molecule has 0 fully saturated rings. The first-order valence-electron chi connectivity index (χ1n) is 6.11. The molecule has 0 bridgehead atoms. The molecule has 0 aromatic carbocycles. The molecule has 0 rings (SSSR count). The van der Waals surface area contributed by atoms with E-state index in [1.54, 1.807) is 0 Å². The van der Waals surface area contributed by atoms with E-state index in [-0.39, 0.29) is 212 Å². The predicted molar refractivity (Wildman–Crippen MR) is 63.4 cm³/mol. The first-order chi connectivity index (χ1) is 11.2. The maximum atomic E-state index is 10.4. The van der Waals surface area contributed by atoms with E-state index in [1.807, 2.05) is 0 Å². The van der Waals surface area contributed by atoms with E-state index < -0.39 is 60.5 Å². The van der Waals surface area contributed by atoms with Gasteiger partial charge in [0.05, 0.1) is 23.9 Å². The molecule has 161 valence electrons. The van der Waals surface area contributed by atoms with Crippen LogP contribution in [0.4, 0.5) is 0 Å². The number of hydrogen-bond donors (Lipinski definition) is 0. The fourth-order valence-electron chi connectivity index (χ4n) is 1.44. The van der Waals surface area contributed by atoms with Crippen molar-refractivity contribution in [2.75, 3.05) is 39.3 Å². The van der Waals surface area contributed by atoms with Crippen LogP contribution in [0.3, 0.4) is 0 Å². The molecule has 0 amide bonds. The van der Waals surface area contributed by atoms with Crippen molar-refractivity contribution >= 4 is 34.3 Å². The Kier molecular flexibility index (Phi) is 66.4. The Morgan fingerprint density at radius 1 is 0.594 bits per heavy atom. The maximum Gasteiger partial charge on any atom is 2.00 e. The van der Waals surface area contributed by atoms with E-state index in [4.69, 9.17) is 17.5 Å². The fraction of sp³-hybridized carbons (Fsp3) is 0.600. The standard InChI is InChI=1S/C10H16N2O8.ClH.Co.K.4Na.H2O4S/c13-7(14)3-11(4-8(15)16)1-2-12(5-9(17)18)6-10(19)20;;;;;;;;1-5(2,3)4/h1-6H2,(H,13,14)(H,15,16)(H,17,18)(H,19,20);1H;;;;;;;(H2,1,2,3,4)/q;;+2;5*+1;/p-7. The van der Waals surface area contributed by atoms with Gasteiger partial charge in [-0.1, -0.05) is 0 Å². The number of rotatable bonds is 11. The number of nitrogens with zero attached hydrogens (tertiary/aromatic N) is 2. The largest absolute Gasteiger partial charge is 2.00 e.